The molecule has 0 atom stereocenters. The van der Waals surface area contributed by atoms with Crippen LogP contribution in [0.25, 0.3) is 11.5 Å². The molecule has 2 aromatic rings. The molecular weight excluding hydrogens is 232 g/mol. The molecule has 0 aliphatic heterocycles. The number of aromatic nitrogens is 3. The van der Waals surface area contributed by atoms with E-state index in [1.165, 1.54) is 17.1 Å². The monoisotopic (exact) mass is 248 g/mol. The second kappa shape index (κ2) is 5.23. The zero-order chi connectivity index (χ0) is 12.3. The Morgan fingerprint density at radius 2 is 2.24 bits per heavy atom. The van der Waals surface area contributed by atoms with E-state index < -0.39 is 0 Å². The summed E-state index contributed by atoms with van der Waals surface area (Å²) in [5.74, 6) is 1.30. The summed E-state index contributed by atoms with van der Waals surface area (Å²) < 4.78 is 4.31. The van der Waals surface area contributed by atoms with Gasteiger partial charge in [0.15, 0.2) is 5.82 Å². The lowest BCUT2D eigenvalue weighted by Gasteiger charge is -2.03. The van der Waals surface area contributed by atoms with Crippen LogP contribution in [0.4, 0.5) is 5.13 Å². The Kier molecular flexibility index (Phi) is 3.68. The van der Waals surface area contributed by atoms with Crippen molar-refractivity contribution in [3.05, 3.63) is 23.9 Å². The fourth-order valence-electron chi connectivity index (χ4n) is 1.35. The second-order valence-electron chi connectivity index (χ2n) is 4.42. The van der Waals surface area contributed by atoms with E-state index in [2.05, 4.69) is 33.5 Å². The molecule has 0 radical (unpaired) electrons. The highest BCUT2D eigenvalue weighted by Crippen LogP contribution is 2.19. The summed E-state index contributed by atoms with van der Waals surface area (Å²) in [5.41, 5.74) is 2.00. The van der Waals surface area contributed by atoms with Crippen molar-refractivity contribution in [1.29, 1.82) is 0 Å². The first kappa shape index (κ1) is 12.0. The molecule has 0 aliphatic rings. The van der Waals surface area contributed by atoms with Crippen LogP contribution in [0.1, 0.15) is 19.4 Å². The molecule has 5 heteroatoms. The summed E-state index contributed by atoms with van der Waals surface area (Å²) in [4.78, 5) is 8.70. The van der Waals surface area contributed by atoms with Gasteiger partial charge in [0.05, 0.1) is 0 Å². The summed E-state index contributed by atoms with van der Waals surface area (Å²) in [7, 11) is 0. The van der Waals surface area contributed by atoms with E-state index in [0.717, 1.165) is 17.4 Å². The van der Waals surface area contributed by atoms with E-state index in [4.69, 9.17) is 0 Å². The van der Waals surface area contributed by atoms with Gasteiger partial charge in [0.1, 0.15) is 5.69 Å². The average Bonchev–Trinajstić information content (AvgIpc) is 2.75. The molecule has 17 heavy (non-hydrogen) atoms. The fraction of sp³-hybridized carbons (Fsp3) is 0.417. The minimum atomic E-state index is 0.597. The van der Waals surface area contributed by atoms with Gasteiger partial charge < -0.3 is 5.32 Å². The standard InChI is InChI=1S/C12H16N4S/c1-8(2)7-14-12-15-11(16-17-12)10-6-9(3)4-5-13-10/h4-6,8H,7H2,1-3H3,(H,14,15,16). The largest absolute Gasteiger partial charge is 0.360 e. The molecule has 0 bridgehead atoms. The molecule has 0 aliphatic carbocycles. The van der Waals surface area contributed by atoms with Crippen LogP contribution in [0, 0.1) is 12.8 Å². The second-order valence-corrected chi connectivity index (χ2v) is 5.17. The van der Waals surface area contributed by atoms with Crippen molar-refractivity contribution < 1.29 is 0 Å². The van der Waals surface area contributed by atoms with Crippen LogP contribution in [0.5, 0.6) is 0 Å². The number of nitrogens with zero attached hydrogens (tertiary/aromatic N) is 3. The average molecular weight is 248 g/mol. The smallest absolute Gasteiger partial charge is 0.202 e. The van der Waals surface area contributed by atoms with Crippen LogP contribution in [-0.4, -0.2) is 20.9 Å². The number of hydrogen-bond acceptors (Lipinski definition) is 5. The lowest BCUT2D eigenvalue weighted by atomic mass is 10.2. The number of rotatable bonds is 4. The molecule has 0 spiro atoms. The van der Waals surface area contributed by atoms with Crippen molar-refractivity contribution >= 4 is 16.7 Å². The first-order chi connectivity index (χ1) is 8.15. The summed E-state index contributed by atoms with van der Waals surface area (Å²) in [6, 6.07) is 3.96. The van der Waals surface area contributed by atoms with E-state index in [0.29, 0.717) is 11.7 Å². The molecule has 2 heterocycles. The summed E-state index contributed by atoms with van der Waals surface area (Å²) in [5, 5.41) is 4.12. The van der Waals surface area contributed by atoms with Gasteiger partial charge in [-0.15, -0.1) is 0 Å². The van der Waals surface area contributed by atoms with Gasteiger partial charge in [-0.1, -0.05) is 13.8 Å². The summed E-state index contributed by atoms with van der Waals surface area (Å²) in [6.07, 6.45) is 1.78. The highest BCUT2D eigenvalue weighted by Gasteiger charge is 2.07. The van der Waals surface area contributed by atoms with Crippen molar-refractivity contribution in [2.24, 2.45) is 5.92 Å². The van der Waals surface area contributed by atoms with Gasteiger partial charge in [-0.3, -0.25) is 4.98 Å². The third-order valence-electron chi connectivity index (χ3n) is 2.23. The van der Waals surface area contributed by atoms with Crippen LogP contribution >= 0.6 is 11.5 Å². The number of nitrogens with one attached hydrogen (secondary N) is 1. The molecular formula is C12H16N4S. The Bertz CT molecular complexity index is 493. The van der Waals surface area contributed by atoms with E-state index in [-0.39, 0.29) is 0 Å². The lowest BCUT2D eigenvalue weighted by molar-refractivity contribution is 0.688. The number of anilines is 1. The van der Waals surface area contributed by atoms with Crippen molar-refractivity contribution in [2.75, 3.05) is 11.9 Å². The van der Waals surface area contributed by atoms with Crippen LogP contribution in [0.15, 0.2) is 18.3 Å². The number of aryl methyl sites for hydroxylation is 1. The third-order valence-corrected chi connectivity index (χ3v) is 2.90. The van der Waals surface area contributed by atoms with Gasteiger partial charge in [-0.25, -0.2) is 0 Å². The van der Waals surface area contributed by atoms with Crippen molar-refractivity contribution in [2.45, 2.75) is 20.8 Å². The minimum absolute atomic E-state index is 0.597. The molecule has 2 rings (SSSR count). The Morgan fingerprint density at radius 3 is 2.94 bits per heavy atom. The van der Waals surface area contributed by atoms with Gasteiger partial charge in [-0.05, 0) is 30.5 Å². The molecule has 1 N–H and O–H groups in total. The lowest BCUT2D eigenvalue weighted by Crippen LogP contribution is -2.07. The van der Waals surface area contributed by atoms with Crippen molar-refractivity contribution in [1.82, 2.24) is 14.3 Å². The van der Waals surface area contributed by atoms with E-state index in [9.17, 15) is 0 Å². The molecule has 0 aromatic carbocycles. The summed E-state index contributed by atoms with van der Waals surface area (Å²) in [6.45, 7) is 7.28. The minimum Gasteiger partial charge on any atom is -0.360 e. The maximum absolute atomic E-state index is 4.43. The topological polar surface area (TPSA) is 50.7 Å². The van der Waals surface area contributed by atoms with Gasteiger partial charge in [0.2, 0.25) is 5.13 Å². The molecule has 0 saturated heterocycles. The van der Waals surface area contributed by atoms with Gasteiger partial charge in [0.25, 0.3) is 0 Å². The van der Waals surface area contributed by atoms with E-state index in [1.807, 2.05) is 19.1 Å². The Balaban J connectivity index is 2.12. The Labute approximate surface area is 105 Å². The van der Waals surface area contributed by atoms with Crippen molar-refractivity contribution in [3.63, 3.8) is 0 Å². The highest BCUT2D eigenvalue weighted by atomic mass is 32.1. The molecule has 4 nitrogen and oxygen atoms in total. The van der Waals surface area contributed by atoms with Gasteiger partial charge in [-0.2, -0.15) is 9.36 Å². The first-order valence-electron chi connectivity index (χ1n) is 5.66. The zero-order valence-electron chi connectivity index (χ0n) is 10.3. The molecule has 0 fully saturated rings. The summed E-state index contributed by atoms with van der Waals surface area (Å²) >= 11 is 1.38. The van der Waals surface area contributed by atoms with Gasteiger partial charge >= 0.3 is 0 Å². The van der Waals surface area contributed by atoms with Crippen LogP contribution in [0.2, 0.25) is 0 Å². The molecule has 0 unspecified atom stereocenters. The van der Waals surface area contributed by atoms with Crippen molar-refractivity contribution in [3.8, 4) is 11.5 Å². The molecule has 0 saturated carbocycles. The molecule has 90 valence electrons. The van der Waals surface area contributed by atoms with Gasteiger partial charge in [0, 0.05) is 24.3 Å². The predicted octanol–water partition coefficient (Wildman–Crippen LogP) is 2.98. The molecule has 0 amide bonds. The van der Waals surface area contributed by atoms with E-state index >= 15 is 0 Å². The number of pyridine rings is 1. The first-order valence-corrected chi connectivity index (χ1v) is 6.43. The predicted molar refractivity (Wildman–Crippen MR) is 71.2 cm³/mol. The Morgan fingerprint density at radius 1 is 1.41 bits per heavy atom. The van der Waals surface area contributed by atoms with E-state index in [1.54, 1.807) is 6.20 Å². The number of hydrogen-bond donors (Lipinski definition) is 1. The fourth-order valence-corrected chi connectivity index (χ4v) is 1.93. The zero-order valence-corrected chi connectivity index (χ0v) is 11.1. The Hall–Kier alpha value is -1.49. The maximum atomic E-state index is 4.43. The third kappa shape index (κ3) is 3.23. The quantitative estimate of drug-likeness (QED) is 0.903. The van der Waals surface area contributed by atoms with Crippen LogP contribution in [-0.2, 0) is 0 Å². The van der Waals surface area contributed by atoms with Crippen LogP contribution < -0.4 is 5.32 Å². The molecule has 2 aromatic heterocycles. The SMILES string of the molecule is Cc1ccnc(-c2nsc(NCC(C)C)n2)c1. The normalized spacial score (nSPS) is 10.8. The maximum Gasteiger partial charge on any atom is 0.202 e. The highest BCUT2D eigenvalue weighted by molar-refractivity contribution is 7.09. The van der Waals surface area contributed by atoms with Crippen LogP contribution in [0.3, 0.4) is 0 Å².